The third-order valence-electron chi connectivity index (χ3n) is 10.9. The molecule has 0 unspecified atom stereocenters. The van der Waals surface area contributed by atoms with E-state index in [0.29, 0.717) is 12.2 Å². The Morgan fingerprint density at radius 1 is 0.699 bits per heavy atom. The zero-order chi connectivity index (χ0) is 54.6. The van der Waals surface area contributed by atoms with Crippen molar-refractivity contribution >= 4 is 87.8 Å². The van der Waals surface area contributed by atoms with Gasteiger partial charge < -0.3 is 90.9 Å². The number of para-hydroxylation sites is 1. The normalized spacial score (nSPS) is 14.3. The van der Waals surface area contributed by atoms with Crippen LogP contribution >= 0.6 is 11.8 Å². The van der Waals surface area contributed by atoms with Gasteiger partial charge in [0.1, 0.15) is 30.2 Å². The molecule has 0 saturated heterocycles. The predicted molar refractivity (Wildman–Crippen MR) is 267 cm³/mol. The highest BCUT2D eigenvalue weighted by molar-refractivity contribution is 7.98. The van der Waals surface area contributed by atoms with Gasteiger partial charge in [0.15, 0.2) is 12.0 Å². The minimum absolute atomic E-state index is 0.0169. The lowest BCUT2D eigenvalue weighted by Crippen LogP contribution is -2.59. The number of aromatic amines is 1. The minimum Gasteiger partial charge on any atom is -0.481 e. The summed E-state index contributed by atoms with van der Waals surface area (Å²) in [4.78, 5) is 136. The fraction of sp³-hybridized carbons (Fsp3) is 0.568. The summed E-state index contributed by atoms with van der Waals surface area (Å²) in [6.45, 7) is -0.999. The summed E-state index contributed by atoms with van der Waals surface area (Å²) in [7, 11) is 0. The van der Waals surface area contributed by atoms with Crippen molar-refractivity contribution in [3.05, 3.63) is 36.0 Å². The third-order valence-corrected chi connectivity index (χ3v) is 11.5. The van der Waals surface area contributed by atoms with E-state index in [1.54, 1.807) is 12.5 Å². The number of nitrogens with zero attached hydrogens (tertiary/aromatic N) is 1. The van der Waals surface area contributed by atoms with E-state index in [1.165, 1.54) is 11.8 Å². The van der Waals surface area contributed by atoms with Gasteiger partial charge in [-0.15, -0.1) is 0 Å². The molecule has 0 spiro atoms. The molecule has 1 aromatic carbocycles. The number of guanidine groups is 1. The average Bonchev–Trinajstić information content (AvgIpc) is 3.75. The predicted octanol–water partition coefficient (Wildman–Crippen LogP) is -5.56. The maximum absolute atomic E-state index is 13.7. The van der Waals surface area contributed by atoms with E-state index in [9.17, 15) is 68.4 Å². The number of aromatic nitrogens is 1. The molecule has 0 bridgehead atoms. The number of amides is 8. The highest BCUT2D eigenvalue weighted by atomic mass is 32.2. The number of aliphatic hydroxyl groups excluding tert-OH is 2. The van der Waals surface area contributed by atoms with Gasteiger partial charge in [0.25, 0.3) is 0 Å². The number of unbranched alkanes of at least 4 members (excludes halogenated alkanes) is 1. The van der Waals surface area contributed by atoms with Gasteiger partial charge in [0, 0.05) is 30.1 Å². The molecular weight excluding hydrogens is 981 g/mol. The Bertz CT molecular complexity index is 2230. The molecule has 21 N–H and O–H groups in total. The molecule has 28 nitrogen and oxygen atoms in total. The largest absolute Gasteiger partial charge is 0.481 e. The van der Waals surface area contributed by atoms with E-state index in [1.807, 2.05) is 24.3 Å². The smallest absolute Gasteiger partial charge is 0.328 e. The van der Waals surface area contributed by atoms with Gasteiger partial charge in [-0.2, -0.15) is 11.8 Å². The molecule has 8 atom stereocenters. The standard InChI is InChI=1S/C44H70N14O14S/c1-23(60)36(43(71)72)58-42(70)30(12-13-35(63)64)57-40(68)29(10-5-6-15-45)56-41(69)31(14-17-73-2)53-33(61)20-52-39(67)32(22-59)54-34(62)21-51-38(66)28(11-7-16-49-44(47)48)55-37(65)26(46)18-24-19-50-27-9-4-3-8-25(24)27/h3-4,8-9,19,23,26,28-32,36,50,59-60H,5-7,10-18,20-22,45-46H2,1-2H3,(H,51,66)(H,52,67)(H,53,61)(H,54,62)(H,55,65)(H,56,69)(H,57,68)(H,58,70)(H,63,64)(H,71,72)(H4,47,48,49)/t23-,26+,28+,29+,30+,31+,32+,36+/m1/s1. The first-order valence-corrected chi connectivity index (χ1v) is 24.7. The number of fused-ring (bicyclic) bond motifs is 1. The van der Waals surface area contributed by atoms with Crippen LogP contribution in [0.5, 0.6) is 0 Å². The van der Waals surface area contributed by atoms with E-state index in [-0.39, 0.29) is 57.6 Å². The van der Waals surface area contributed by atoms with Crippen LogP contribution in [0, 0.1) is 0 Å². The molecule has 8 amide bonds. The molecule has 1 aromatic heterocycles. The maximum Gasteiger partial charge on any atom is 0.328 e. The first-order valence-electron chi connectivity index (χ1n) is 23.3. The Morgan fingerprint density at radius 2 is 1.23 bits per heavy atom. The zero-order valence-electron chi connectivity index (χ0n) is 40.6. The molecule has 0 aliphatic rings. The summed E-state index contributed by atoms with van der Waals surface area (Å²) >= 11 is 1.31. The highest BCUT2D eigenvalue weighted by Gasteiger charge is 2.33. The Morgan fingerprint density at radius 3 is 1.79 bits per heavy atom. The van der Waals surface area contributed by atoms with Crippen molar-refractivity contribution in [3.8, 4) is 0 Å². The topological polar surface area (TPSA) is 480 Å². The number of aliphatic hydroxyl groups is 2. The fourth-order valence-electron chi connectivity index (χ4n) is 6.94. The molecule has 2 rings (SSSR count). The second kappa shape index (κ2) is 32.8. The van der Waals surface area contributed by atoms with Crippen LogP contribution in [0.1, 0.15) is 63.9 Å². The van der Waals surface area contributed by atoms with Crippen molar-refractivity contribution in [1.29, 1.82) is 0 Å². The summed E-state index contributed by atoms with van der Waals surface area (Å²) in [5.74, 6) is -10.0. The number of hydrogen-bond donors (Lipinski definition) is 17. The number of nitrogens with two attached hydrogens (primary N) is 4. The van der Waals surface area contributed by atoms with Crippen LogP contribution in [0.3, 0.4) is 0 Å². The summed E-state index contributed by atoms with van der Waals surface area (Å²) in [6, 6.07) is -2.56. The summed E-state index contributed by atoms with van der Waals surface area (Å²) in [5.41, 5.74) is 24.3. The molecule has 0 fully saturated rings. The number of thioether (sulfide) groups is 1. The quantitative estimate of drug-likeness (QED) is 0.0174. The zero-order valence-corrected chi connectivity index (χ0v) is 41.5. The monoisotopic (exact) mass is 1050 g/mol. The van der Waals surface area contributed by atoms with Crippen LogP contribution in [-0.4, -0.2) is 184 Å². The van der Waals surface area contributed by atoms with Crippen LogP contribution in [0.15, 0.2) is 35.5 Å². The molecule has 2 aromatic rings. The molecule has 73 heavy (non-hydrogen) atoms. The van der Waals surface area contributed by atoms with E-state index in [2.05, 4.69) is 52.5 Å². The van der Waals surface area contributed by atoms with Crippen molar-refractivity contribution < 1.29 is 68.4 Å². The number of H-pyrrole nitrogens is 1. The first kappa shape index (κ1) is 62.0. The average molecular weight is 1050 g/mol. The van der Waals surface area contributed by atoms with E-state index >= 15 is 0 Å². The molecule has 29 heteroatoms. The van der Waals surface area contributed by atoms with Crippen LogP contribution < -0.4 is 65.5 Å². The summed E-state index contributed by atoms with van der Waals surface area (Å²) in [5, 5.41) is 58.2. The van der Waals surface area contributed by atoms with Crippen molar-refractivity contribution in [2.45, 2.75) is 113 Å². The van der Waals surface area contributed by atoms with Crippen molar-refractivity contribution in [3.63, 3.8) is 0 Å². The number of nitrogens with one attached hydrogen (secondary N) is 9. The van der Waals surface area contributed by atoms with Gasteiger partial charge in [0.05, 0.1) is 31.8 Å². The molecule has 0 aliphatic heterocycles. The lowest BCUT2D eigenvalue weighted by Gasteiger charge is -2.26. The fourth-order valence-corrected chi connectivity index (χ4v) is 7.41. The van der Waals surface area contributed by atoms with Crippen LogP contribution in [0.25, 0.3) is 10.9 Å². The Hall–Kier alpha value is -7.08. The van der Waals surface area contributed by atoms with E-state index in [0.717, 1.165) is 23.4 Å². The summed E-state index contributed by atoms with van der Waals surface area (Å²) in [6.07, 6.45) is 1.84. The number of carboxylic acids is 2. The Labute approximate surface area is 424 Å². The van der Waals surface area contributed by atoms with Crippen molar-refractivity contribution in [2.75, 3.05) is 44.8 Å². The van der Waals surface area contributed by atoms with E-state index in [4.69, 9.17) is 22.9 Å². The molecular formula is C44H70N14O14S. The summed E-state index contributed by atoms with van der Waals surface area (Å²) < 4.78 is 0. The van der Waals surface area contributed by atoms with Crippen molar-refractivity contribution in [1.82, 2.24) is 47.5 Å². The van der Waals surface area contributed by atoms with Gasteiger partial charge in [-0.25, -0.2) is 4.79 Å². The molecule has 406 valence electrons. The van der Waals surface area contributed by atoms with Gasteiger partial charge in [-0.3, -0.25) is 48.1 Å². The molecule has 0 saturated carbocycles. The number of hydrogen-bond acceptors (Lipinski definition) is 16. The number of carbonyl (C=O) groups excluding carboxylic acids is 8. The number of benzene rings is 1. The second-order valence-electron chi connectivity index (χ2n) is 16.7. The lowest BCUT2D eigenvalue weighted by atomic mass is 10.0. The van der Waals surface area contributed by atoms with E-state index < -0.39 is 140 Å². The van der Waals surface area contributed by atoms with Crippen LogP contribution in [-0.2, 0) is 54.4 Å². The number of aliphatic imine (C=N–C) groups is 1. The molecule has 0 aliphatic carbocycles. The first-order chi connectivity index (χ1) is 34.6. The lowest BCUT2D eigenvalue weighted by molar-refractivity contribution is -0.145. The highest BCUT2D eigenvalue weighted by Crippen LogP contribution is 2.19. The van der Waals surface area contributed by atoms with Crippen LogP contribution in [0.2, 0.25) is 0 Å². The molecule has 0 radical (unpaired) electrons. The Kier molecular flexibility index (Phi) is 27.9. The minimum atomic E-state index is -1.80. The van der Waals surface area contributed by atoms with Gasteiger partial charge in [-0.1, -0.05) is 18.2 Å². The van der Waals surface area contributed by atoms with Crippen LogP contribution in [0.4, 0.5) is 0 Å². The Balaban J connectivity index is 2.08. The number of aliphatic carboxylic acids is 2. The maximum atomic E-state index is 13.7. The van der Waals surface area contributed by atoms with Crippen molar-refractivity contribution in [2.24, 2.45) is 27.9 Å². The SMILES string of the molecule is CSCC[C@H](NC(=O)CNC(=O)[C@H](CO)NC(=O)CNC(=O)[C@H](CCCN=C(N)N)NC(=O)[C@@H](N)Cc1c[nH]c2ccccc12)C(=O)N[C@@H](CCCCN)C(=O)N[C@@H](CCC(=O)O)C(=O)N[C@H](C(=O)O)[C@@H](C)O. The number of carbonyl (C=O) groups is 10. The second-order valence-corrected chi connectivity index (χ2v) is 17.7. The molecule has 1 heterocycles. The van der Waals surface area contributed by atoms with Gasteiger partial charge in [0.2, 0.25) is 47.3 Å². The van der Waals surface area contributed by atoms with Gasteiger partial charge in [-0.05, 0) is 88.5 Å². The third kappa shape index (κ3) is 22.9. The number of carboxylic acid groups (broad SMARTS) is 2. The van der Waals surface area contributed by atoms with Gasteiger partial charge >= 0.3 is 11.9 Å². The number of rotatable bonds is 35.